The van der Waals surface area contributed by atoms with Crippen LogP contribution in [0.25, 0.3) is 0 Å². The van der Waals surface area contributed by atoms with Gasteiger partial charge in [-0.15, -0.1) is 0 Å². The van der Waals surface area contributed by atoms with E-state index in [1.54, 1.807) is 0 Å². The highest BCUT2D eigenvalue weighted by molar-refractivity contribution is 5.51. The molecule has 0 N–H and O–H groups in total. The highest BCUT2D eigenvalue weighted by atomic mass is 15.5. The Morgan fingerprint density at radius 2 is 0.321 bits per heavy atom. The SMILES string of the molecule is CCCCN(c1nc(N(CCCC)C2CC(C)(C)N(C)C(C)(C)C2)nc(N(CCCCCCN(c2nc(N(CCCC)C3CC(C)(C)N(C)C(C)(C)C3)nc(N(CCCC)C3CC(C)(C)N(C)C(C)(C)C3)n2)C2CC(C)(C)N(C)C(C)(C)C2)C2CC(C)(C)N(C)C(C)(C)C2)n1)C1CC(C)(C)N(C)C(C)(C)C1. The van der Waals surface area contributed by atoms with E-state index in [0.29, 0.717) is 0 Å². The Labute approximate surface area is 653 Å². The summed E-state index contributed by atoms with van der Waals surface area (Å²) in [5, 5.41) is 0. The number of rotatable bonds is 31. The first kappa shape index (κ1) is 88.1. The Bertz CT molecular complexity index is 2690. The van der Waals surface area contributed by atoms with Gasteiger partial charge >= 0.3 is 0 Å². The molecule has 106 heavy (non-hydrogen) atoms. The van der Waals surface area contributed by atoms with Gasteiger partial charge in [0.25, 0.3) is 0 Å². The summed E-state index contributed by atoms with van der Waals surface area (Å²) in [5.41, 5.74) is -0.230. The molecule has 610 valence electrons. The number of hydrogen-bond donors (Lipinski definition) is 0. The van der Waals surface area contributed by atoms with Crippen molar-refractivity contribution in [2.75, 3.05) is 111 Å². The van der Waals surface area contributed by atoms with Crippen molar-refractivity contribution in [3.05, 3.63) is 0 Å². The van der Waals surface area contributed by atoms with Gasteiger partial charge in [-0.1, -0.05) is 66.2 Å². The van der Waals surface area contributed by atoms with Gasteiger partial charge in [-0.05, 0) is 324 Å². The molecular formula is C88H168N18. The normalized spacial score (nSPS) is 25.2. The van der Waals surface area contributed by atoms with Crippen LogP contribution in [0.15, 0.2) is 0 Å². The molecule has 6 aliphatic rings. The second kappa shape index (κ2) is 33.0. The molecule has 0 amide bonds. The molecule has 2 aromatic heterocycles. The monoisotopic (exact) mass is 1480 g/mol. The molecule has 0 spiro atoms. The number of aromatic nitrogens is 6. The molecular weight excluding hydrogens is 1310 g/mol. The van der Waals surface area contributed by atoms with Crippen LogP contribution in [-0.2, 0) is 0 Å². The Hall–Kier alpha value is -3.42. The molecule has 0 saturated carbocycles. The summed E-state index contributed by atoms with van der Waals surface area (Å²) in [7, 11) is 14.1. The van der Waals surface area contributed by atoms with Gasteiger partial charge in [-0.2, -0.15) is 29.9 Å². The van der Waals surface area contributed by atoms with Crippen molar-refractivity contribution in [3.63, 3.8) is 0 Å². The van der Waals surface area contributed by atoms with Gasteiger partial charge in [0, 0.05) is 142 Å². The van der Waals surface area contributed by atoms with E-state index < -0.39 is 0 Å². The molecule has 6 fully saturated rings. The molecule has 18 nitrogen and oxygen atoms in total. The first-order valence-corrected chi connectivity index (χ1v) is 43.3. The van der Waals surface area contributed by atoms with Crippen LogP contribution in [0.1, 0.15) is 348 Å². The summed E-state index contributed by atoms with van der Waals surface area (Å²) in [6.07, 6.45) is 25.5. The summed E-state index contributed by atoms with van der Waals surface area (Å²) in [4.78, 5) is 67.8. The Morgan fingerprint density at radius 1 is 0.208 bits per heavy atom. The molecule has 2 aromatic rings. The lowest BCUT2D eigenvalue weighted by Crippen LogP contribution is -2.63. The van der Waals surface area contributed by atoms with Gasteiger partial charge in [0.15, 0.2) is 0 Å². The Balaban J connectivity index is 1.24. The Kier molecular flexibility index (Phi) is 27.4. The molecule has 8 rings (SSSR count). The standard InChI is InChI=1S/C88H168N18/c1-35-39-47-101(65-53-77(5,6)95(29)78(7,8)54-65)71-89-72(102(48-40-36-2)66-55-79(9,10)96(30)80(11,12)56-66)92-75(91-71)105(69-61-85(21,22)99(33)86(23,24)62-69)51-45-43-44-46-52-106(70-63-87(25,26)100(34)88(27,28)64-70)76-93-73(103(49-41-37-3)67-57-81(13,14)97(31)82(15,16)58-67)90-74(94-76)104(50-42-38-4)68-59-83(17,18)98(32)84(19,20)60-68/h65-70H,35-64H2,1-34H3. The zero-order chi connectivity index (χ0) is 79.3. The third-order valence-electron chi connectivity index (χ3n) is 29.7. The number of nitrogens with zero attached hydrogens (tertiary/aromatic N) is 18. The van der Waals surface area contributed by atoms with E-state index in [0.717, 1.165) is 229 Å². The van der Waals surface area contributed by atoms with Gasteiger partial charge in [0.2, 0.25) is 35.7 Å². The predicted molar refractivity (Wildman–Crippen MR) is 455 cm³/mol. The van der Waals surface area contributed by atoms with E-state index in [1.807, 2.05) is 0 Å². The van der Waals surface area contributed by atoms with Crippen LogP contribution in [0.3, 0.4) is 0 Å². The fourth-order valence-corrected chi connectivity index (χ4v) is 21.6. The van der Waals surface area contributed by atoms with Crippen molar-refractivity contribution in [3.8, 4) is 0 Å². The maximum atomic E-state index is 5.99. The number of hydrogen-bond acceptors (Lipinski definition) is 18. The highest BCUT2D eigenvalue weighted by Crippen LogP contribution is 2.48. The molecule has 0 radical (unpaired) electrons. The maximum Gasteiger partial charge on any atom is 0.232 e. The third-order valence-corrected chi connectivity index (χ3v) is 29.7. The summed E-state index contributed by atoms with van der Waals surface area (Å²) in [6.45, 7) is 74.0. The van der Waals surface area contributed by atoms with Gasteiger partial charge in [-0.3, -0.25) is 29.4 Å². The second-order valence-electron chi connectivity index (χ2n) is 42.9. The molecule has 6 aliphatic heterocycles. The van der Waals surface area contributed by atoms with Gasteiger partial charge in [0.05, 0.1) is 0 Å². The summed E-state index contributed by atoms with van der Waals surface area (Å²) in [5.74, 6) is 5.27. The number of anilines is 6. The van der Waals surface area contributed by atoms with E-state index in [4.69, 9.17) is 29.9 Å². The van der Waals surface area contributed by atoms with Crippen LogP contribution in [0.5, 0.6) is 0 Å². The Morgan fingerprint density at radius 3 is 0.434 bits per heavy atom. The fourth-order valence-electron chi connectivity index (χ4n) is 21.6. The first-order chi connectivity index (χ1) is 48.7. The smallest absolute Gasteiger partial charge is 0.232 e. The molecule has 0 atom stereocenters. The van der Waals surface area contributed by atoms with E-state index >= 15 is 0 Å². The van der Waals surface area contributed by atoms with E-state index in [9.17, 15) is 0 Å². The minimum atomic E-state index is -0.0454. The molecule has 0 bridgehead atoms. The number of likely N-dealkylation sites (tertiary alicyclic amines) is 6. The van der Waals surface area contributed by atoms with Crippen LogP contribution in [-0.4, -0.2) is 244 Å². The average Bonchev–Trinajstić information content (AvgIpc) is 0.940. The van der Waals surface area contributed by atoms with Crippen LogP contribution >= 0.6 is 0 Å². The zero-order valence-corrected chi connectivity index (χ0v) is 75.7. The molecule has 0 aromatic carbocycles. The van der Waals surface area contributed by atoms with Crippen molar-refractivity contribution in [2.24, 2.45) is 0 Å². The topological polar surface area (TPSA) is 116 Å². The zero-order valence-electron chi connectivity index (χ0n) is 75.7. The minimum absolute atomic E-state index is 0.00599. The van der Waals surface area contributed by atoms with Gasteiger partial charge in [0.1, 0.15) is 0 Å². The van der Waals surface area contributed by atoms with Gasteiger partial charge < -0.3 is 29.4 Å². The van der Waals surface area contributed by atoms with Crippen molar-refractivity contribution < 1.29 is 0 Å². The van der Waals surface area contributed by atoms with Crippen molar-refractivity contribution in [1.82, 2.24) is 59.3 Å². The van der Waals surface area contributed by atoms with E-state index in [-0.39, 0.29) is 103 Å². The molecule has 8 heterocycles. The lowest BCUT2D eigenvalue weighted by molar-refractivity contribution is -0.0139. The summed E-state index contributed by atoms with van der Waals surface area (Å²) in [6, 6.07) is 1.55. The second-order valence-corrected chi connectivity index (χ2v) is 42.9. The lowest BCUT2D eigenvalue weighted by atomic mass is 9.76. The van der Waals surface area contributed by atoms with E-state index in [1.165, 1.54) is 0 Å². The number of unbranched alkanes of at least 4 members (excludes halogenated alkanes) is 7. The quantitative estimate of drug-likeness (QED) is 0.0666. The number of piperidine rings is 6. The first-order valence-electron chi connectivity index (χ1n) is 43.3. The molecule has 6 saturated heterocycles. The van der Waals surface area contributed by atoms with Crippen LogP contribution < -0.4 is 29.4 Å². The van der Waals surface area contributed by atoms with Crippen molar-refractivity contribution >= 4 is 35.7 Å². The highest BCUT2D eigenvalue weighted by Gasteiger charge is 2.53. The molecule has 0 unspecified atom stereocenters. The average molecular weight is 1480 g/mol. The predicted octanol–water partition coefficient (Wildman–Crippen LogP) is 18.3. The molecule has 18 heteroatoms. The fraction of sp³-hybridized carbons (Fsp3) is 0.932. The summed E-state index contributed by atoms with van der Waals surface area (Å²) < 4.78 is 0. The lowest BCUT2D eigenvalue weighted by Gasteiger charge is -2.56. The van der Waals surface area contributed by atoms with Crippen LogP contribution in [0.2, 0.25) is 0 Å². The summed E-state index contributed by atoms with van der Waals surface area (Å²) >= 11 is 0. The largest absolute Gasteiger partial charge is 0.338 e. The van der Waals surface area contributed by atoms with E-state index in [2.05, 4.69) is 295 Å². The van der Waals surface area contributed by atoms with Crippen molar-refractivity contribution in [1.29, 1.82) is 0 Å². The van der Waals surface area contributed by atoms with Crippen molar-refractivity contribution in [2.45, 2.75) is 451 Å². The third kappa shape index (κ3) is 19.6. The van der Waals surface area contributed by atoms with Crippen LogP contribution in [0, 0.1) is 0 Å². The van der Waals surface area contributed by atoms with Crippen LogP contribution in [0.4, 0.5) is 35.7 Å². The van der Waals surface area contributed by atoms with Gasteiger partial charge in [-0.25, -0.2) is 0 Å². The molecule has 0 aliphatic carbocycles. The minimum Gasteiger partial charge on any atom is -0.338 e. The maximum absolute atomic E-state index is 5.99.